The summed E-state index contributed by atoms with van der Waals surface area (Å²) in [6.45, 7) is 6.94. The quantitative estimate of drug-likeness (QED) is 0.461. The number of ether oxygens (including phenoxy) is 1. The predicted octanol–water partition coefficient (Wildman–Crippen LogP) is 8.50. The zero-order chi connectivity index (χ0) is 20.0. The van der Waals surface area contributed by atoms with Gasteiger partial charge in [-0.05, 0) is 78.0 Å². The molecule has 4 aliphatic rings. The molecular formula is C27H35OP. The van der Waals surface area contributed by atoms with Gasteiger partial charge in [-0.15, -0.1) is 0 Å². The lowest BCUT2D eigenvalue weighted by atomic mass is 9.82. The van der Waals surface area contributed by atoms with Gasteiger partial charge in [0.2, 0.25) is 0 Å². The topological polar surface area (TPSA) is 9.23 Å². The van der Waals surface area contributed by atoms with Gasteiger partial charge in [-0.3, -0.25) is 0 Å². The highest BCUT2D eigenvalue weighted by Crippen LogP contribution is 2.56. The Morgan fingerprint density at radius 3 is 2.55 bits per heavy atom. The highest BCUT2D eigenvalue weighted by Gasteiger charge is 2.41. The van der Waals surface area contributed by atoms with Crippen LogP contribution in [0.4, 0.5) is 0 Å². The molecule has 2 heteroatoms. The van der Waals surface area contributed by atoms with E-state index in [1.54, 1.807) is 10.9 Å². The summed E-state index contributed by atoms with van der Waals surface area (Å²) >= 11 is 0. The zero-order valence-electron chi connectivity index (χ0n) is 18.2. The van der Waals surface area contributed by atoms with E-state index in [-0.39, 0.29) is 0 Å². The third-order valence-electron chi connectivity index (χ3n) is 7.98. The first kappa shape index (κ1) is 19.6. The summed E-state index contributed by atoms with van der Waals surface area (Å²) in [6.07, 6.45) is 10.1. The van der Waals surface area contributed by atoms with Crippen LogP contribution >= 0.6 is 8.19 Å². The first-order chi connectivity index (χ1) is 14.1. The Labute approximate surface area is 178 Å². The monoisotopic (exact) mass is 406 g/mol. The summed E-state index contributed by atoms with van der Waals surface area (Å²) in [7, 11) is 1.48. The van der Waals surface area contributed by atoms with Crippen LogP contribution in [0.3, 0.4) is 0 Å². The van der Waals surface area contributed by atoms with Crippen molar-refractivity contribution in [3.05, 3.63) is 58.1 Å². The Hall–Kier alpha value is -1.33. The van der Waals surface area contributed by atoms with Crippen molar-refractivity contribution in [2.24, 2.45) is 5.92 Å². The number of hydrogen-bond acceptors (Lipinski definition) is 1. The van der Waals surface area contributed by atoms with Crippen LogP contribution in [0.15, 0.2) is 36.1 Å². The molecule has 5 atom stereocenters. The van der Waals surface area contributed by atoms with Crippen LogP contribution in [0.2, 0.25) is 0 Å². The van der Waals surface area contributed by atoms with E-state index in [1.807, 2.05) is 0 Å². The second-order valence-corrected chi connectivity index (χ2v) is 11.0. The lowest BCUT2D eigenvalue weighted by Crippen LogP contribution is -2.22. The van der Waals surface area contributed by atoms with Crippen molar-refractivity contribution in [1.82, 2.24) is 0 Å². The number of benzene rings is 1. The summed E-state index contributed by atoms with van der Waals surface area (Å²) in [4.78, 5) is 0. The van der Waals surface area contributed by atoms with E-state index in [0.717, 1.165) is 17.8 Å². The van der Waals surface area contributed by atoms with Crippen LogP contribution in [0.5, 0.6) is 5.75 Å². The van der Waals surface area contributed by atoms with Crippen molar-refractivity contribution in [1.29, 1.82) is 0 Å². The fourth-order valence-electron chi connectivity index (χ4n) is 6.50. The van der Waals surface area contributed by atoms with Crippen molar-refractivity contribution < 1.29 is 4.74 Å². The molecule has 0 N–H and O–H groups in total. The fourth-order valence-corrected chi connectivity index (χ4v) is 7.65. The summed E-state index contributed by atoms with van der Waals surface area (Å²) in [5, 5.41) is 1.73. The Morgan fingerprint density at radius 2 is 1.69 bits per heavy atom. The average molecular weight is 407 g/mol. The van der Waals surface area contributed by atoms with E-state index >= 15 is 0 Å². The van der Waals surface area contributed by atoms with E-state index < -0.39 is 0 Å². The van der Waals surface area contributed by atoms with Gasteiger partial charge in [-0.2, -0.15) is 0 Å². The molecule has 0 saturated heterocycles. The normalized spacial score (nSPS) is 31.5. The Bertz CT molecular complexity index is 873. The number of hydrogen-bond donors (Lipinski definition) is 0. The van der Waals surface area contributed by atoms with Crippen molar-refractivity contribution in [2.75, 3.05) is 0 Å². The Kier molecular flexibility index (Phi) is 5.46. The number of fused-ring (bicyclic) bond motifs is 6. The van der Waals surface area contributed by atoms with E-state index in [2.05, 4.69) is 56.9 Å². The lowest BCUT2D eigenvalue weighted by molar-refractivity contribution is 0.162. The molecule has 1 aromatic heterocycles. The van der Waals surface area contributed by atoms with Gasteiger partial charge in [-0.1, -0.05) is 72.1 Å². The molecule has 2 saturated carbocycles. The smallest absolute Gasteiger partial charge is 0.126 e. The van der Waals surface area contributed by atoms with Crippen molar-refractivity contribution in [3.8, 4) is 5.75 Å². The molecular weight excluding hydrogens is 371 g/mol. The molecule has 2 aromatic rings. The number of para-hydroxylation sites is 1. The van der Waals surface area contributed by atoms with Gasteiger partial charge < -0.3 is 4.74 Å². The third-order valence-corrected chi connectivity index (χ3v) is 9.25. The second kappa shape index (κ2) is 8.07. The highest BCUT2D eigenvalue weighted by molar-refractivity contribution is 7.30. The van der Waals surface area contributed by atoms with Gasteiger partial charge in [0.15, 0.2) is 0 Å². The summed E-state index contributed by atoms with van der Waals surface area (Å²) in [6, 6.07) is 11.3. The van der Waals surface area contributed by atoms with E-state index in [9.17, 15) is 0 Å². The SMILES string of the molecule is CC(C)c1cccc2c1OC1CCCCC21.CC1c2pcccc2C2CCCC12. The first-order valence-corrected chi connectivity index (χ1v) is 12.9. The molecule has 6 rings (SSSR count). The Morgan fingerprint density at radius 1 is 0.897 bits per heavy atom. The molecule has 0 bridgehead atoms. The molecule has 1 nitrogen and oxygen atoms in total. The molecule has 2 heterocycles. The molecule has 1 aliphatic heterocycles. The summed E-state index contributed by atoms with van der Waals surface area (Å²) < 4.78 is 6.20. The van der Waals surface area contributed by atoms with Gasteiger partial charge in [0.25, 0.3) is 0 Å². The molecule has 2 fully saturated rings. The molecule has 3 aliphatic carbocycles. The molecule has 0 spiro atoms. The van der Waals surface area contributed by atoms with Crippen molar-refractivity contribution in [3.63, 3.8) is 0 Å². The number of rotatable bonds is 1. The molecule has 0 radical (unpaired) electrons. The van der Waals surface area contributed by atoms with E-state index in [1.165, 1.54) is 70.0 Å². The summed E-state index contributed by atoms with van der Waals surface area (Å²) in [5.41, 5.74) is 4.59. The van der Waals surface area contributed by atoms with Crippen LogP contribution < -0.4 is 4.74 Å². The summed E-state index contributed by atoms with van der Waals surface area (Å²) in [5.74, 6) is 7.55. The van der Waals surface area contributed by atoms with E-state index in [4.69, 9.17) is 4.74 Å². The largest absolute Gasteiger partial charge is 0.489 e. The van der Waals surface area contributed by atoms with Crippen LogP contribution in [0.25, 0.3) is 0 Å². The molecule has 5 unspecified atom stereocenters. The molecule has 1 aromatic carbocycles. The first-order valence-electron chi connectivity index (χ1n) is 11.9. The minimum atomic E-state index is 0.476. The van der Waals surface area contributed by atoms with Gasteiger partial charge in [-0.25, -0.2) is 0 Å². The van der Waals surface area contributed by atoms with Crippen LogP contribution in [0.1, 0.15) is 111 Å². The minimum absolute atomic E-state index is 0.476. The molecule has 29 heavy (non-hydrogen) atoms. The van der Waals surface area contributed by atoms with Crippen molar-refractivity contribution >= 4 is 8.19 Å². The Balaban J connectivity index is 0.000000128. The third kappa shape index (κ3) is 3.44. The van der Waals surface area contributed by atoms with E-state index in [0.29, 0.717) is 17.9 Å². The lowest BCUT2D eigenvalue weighted by Gasteiger charge is -2.23. The van der Waals surface area contributed by atoms with Crippen LogP contribution in [-0.4, -0.2) is 6.10 Å². The van der Waals surface area contributed by atoms with Crippen molar-refractivity contribution in [2.45, 2.75) is 95.5 Å². The van der Waals surface area contributed by atoms with Crippen LogP contribution in [-0.2, 0) is 0 Å². The maximum Gasteiger partial charge on any atom is 0.126 e. The minimum Gasteiger partial charge on any atom is -0.489 e. The van der Waals surface area contributed by atoms with Gasteiger partial charge in [0.1, 0.15) is 11.9 Å². The zero-order valence-corrected chi connectivity index (χ0v) is 19.1. The molecule has 154 valence electrons. The molecule has 0 amide bonds. The fraction of sp³-hybridized carbons (Fsp3) is 0.593. The maximum absolute atomic E-state index is 6.20. The second-order valence-electron chi connectivity index (χ2n) is 9.94. The van der Waals surface area contributed by atoms with Gasteiger partial charge >= 0.3 is 0 Å². The van der Waals surface area contributed by atoms with Gasteiger partial charge in [0.05, 0.1) is 0 Å². The predicted molar refractivity (Wildman–Crippen MR) is 124 cm³/mol. The van der Waals surface area contributed by atoms with Gasteiger partial charge in [0, 0.05) is 11.5 Å². The average Bonchev–Trinajstić information content (AvgIpc) is 3.43. The maximum atomic E-state index is 6.20. The van der Waals surface area contributed by atoms with Crippen LogP contribution in [0, 0.1) is 5.92 Å². The highest BCUT2D eigenvalue weighted by atomic mass is 31.0. The standard InChI is InChI=1S/C15H20O.C12H15P/c1-10(2)11-7-5-8-13-12-6-3-4-9-14(12)16-15(11)13;1-8-9-4-2-5-10(9)11-6-3-7-13-12(8)11/h5,7-8,10,12,14H,3-4,6,9H2,1-2H3;3,6-10H,2,4-5H2,1H3.